The minimum absolute atomic E-state index is 0.267. The van der Waals surface area contributed by atoms with Gasteiger partial charge in [-0.05, 0) is 19.1 Å². The van der Waals surface area contributed by atoms with Gasteiger partial charge < -0.3 is 9.47 Å². The lowest BCUT2D eigenvalue weighted by atomic mass is 10.3. The molecule has 0 spiro atoms. The molecule has 7 heteroatoms. The first-order valence-electron chi connectivity index (χ1n) is 5.97. The van der Waals surface area contributed by atoms with Crippen molar-refractivity contribution in [3.63, 3.8) is 0 Å². The number of pyridine rings is 1. The molecule has 0 radical (unpaired) electrons. The van der Waals surface area contributed by atoms with E-state index in [4.69, 9.17) is 44.3 Å². The quantitative estimate of drug-likeness (QED) is 0.576. The highest BCUT2D eigenvalue weighted by atomic mass is 35.5. The summed E-state index contributed by atoms with van der Waals surface area (Å²) < 4.78 is 10.4. The van der Waals surface area contributed by atoms with E-state index in [1.54, 1.807) is 13.0 Å². The fourth-order valence-electron chi connectivity index (χ4n) is 1.47. The zero-order chi connectivity index (χ0) is 15.4. The van der Waals surface area contributed by atoms with Gasteiger partial charge in [0.1, 0.15) is 5.75 Å². The molecule has 0 bridgehead atoms. The topological polar surface area (TPSA) is 48.4 Å². The van der Waals surface area contributed by atoms with Crippen molar-refractivity contribution in [2.24, 2.45) is 0 Å². The second kappa shape index (κ2) is 6.98. The summed E-state index contributed by atoms with van der Waals surface area (Å²) in [6.07, 6.45) is 1.36. The highest BCUT2D eigenvalue weighted by molar-refractivity contribution is 6.43. The van der Waals surface area contributed by atoms with Gasteiger partial charge in [0, 0.05) is 18.3 Å². The summed E-state index contributed by atoms with van der Waals surface area (Å²) in [6, 6.07) is 6.05. The number of hydrogen-bond donors (Lipinski definition) is 0. The number of aromatic nitrogens is 1. The molecule has 21 heavy (non-hydrogen) atoms. The maximum Gasteiger partial charge on any atom is 0.339 e. The Kier molecular flexibility index (Phi) is 5.28. The SMILES string of the molecule is CCOC(=O)c1ccc(Oc2cc(Cl)c(Cl)cc2Cl)nc1. The average molecular weight is 347 g/mol. The Hall–Kier alpha value is -1.49. The predicted octanol–water partition coefficient (Wildman–Crippen LogP) is 5.01. The minimum Gasteiger partial charge on any atom is -0.462 e. The molecule has 0 saturated carbocycles. The average Bonchev–Trinajstić information content (AvgIpc) is 2.46. The van der Waals surface area contributed by atoms with E-state index >= 15 is 0 Å². The summed E-state index contributed by atoms with van der Waals surface area (Å²) in [5, 5.41) is 0.958. The van der Waals surface area contributed by atoms with Crippen molar-refractivity contribution < 1.29 is 14.3 Å². The van der Waals surface area contributed by atoms with Gasteiger partial charge in [0.2, 0.25) is 5.88 Å². The van der Waals surface area contributed by atoms with Crippen LogP contribution in [0.3, 0.4) is 0 Å². The van der Waals surface area contributed by atoms with Gasteiger partial charge in [0.15, 0.2) is 0 Å². The number of esters is 1. The maximum atomic E-state index is 11.5. The van der Waals surface area contributed by atoms with Crippen LogP contribution in [0.2, 0.25) is 15.1 Å². The molecule has 0 atom stereocenters. The van der Waals surface area contributed by atoms with Gasteiger partial charge in [-0.25, -0.2) is 9.78 Å². The Labute approximate surface area is 136 Å². The van der Waals surface area contributed by atoms with E-state index in [-0.39, 0.29) is 5.88 Å². The largest absolute Gasteiger partial charge is 0.462 e. The fourth-order valence-corrected chi connectivity index (χ4v) is 2.05. The summed E-state index contributed by atoms with van der Waals surface area (Å²) in [5.74, 6) is 0.148. The summed E-state index contributed by atoms with van der Waals surface area (Å²) in [7, 11) is 0. The van der Waals surface area contributed by atoms with Crippen molar-refractivity contribution in [1.29, 1.82) is 0 Å². The van der Waals surface area contributed by atoms with Crippen LogP contribution in [0.5, 0.6) is 11.6 Å². The smallest absolute Gasteiger partial charge is 0.339 e. The molecule has 2 aromatic rings. The van der Waals surface area contributed by atoms with Crippen molar-refractivity contribution in [3.05, 3.63) is 51.1 Å². The number of hydrogen-bond acceptors (Lipinski definition) is 4. The van der Waals surface area contributed by atoms with Gasteiger partial charge in [-0.2, -0.15) is 0 Å². The van der Waals surface area contributed by atoms with Crippen LogP contribution in [-0.2, 0) is 4.74 Å². The first-order valence-corrected chi connectivity index (χ1v) is 7.10. The number of nitrogens with zero attached hydrogens (tertiary/aromatic N) is 1. The Bertz CT molecular complexity index is 659. The Morgan fingerprint density at radius 2 is 1.86 bits per heavy atom. The van der Waals surface area contributed by atoms with Crippen LogP contribution in [0.1, 0.15) is 17.3 Å². The molecule has 0 unspecified atom stereocenters. The van der Waals surface area contributed by atoms with E-state index in [1.165, 1.54) is 24.4 Å². The van der Waals surface area contributed by atoms with Gasteiger partial charge in [0.05, 0.1) is 27.2 Å². The van der Waals surface area contributed by atoms with Crippen molar-refractivity contribution in [2.75, 3.05) is 6.61 Å². The third-order valence-corrected chi connectivity index (χ3v) is 3.45. The van der Waals surface area contributed by atoms with Crippen molar-refractivity contribution in [3.8, 4) is 11.6 Å². The highest BCUT2D eigenvalue weighted by Gasteiger charge is 2.10. The van der Waals surface area contributed by atoms with Crippen LogP contribution in [0.4, 0.5) is 0 Å². The van der Waals surface area contributed by atoms with E-state index in [0.717, 1.165) is 0 Å². The molecule has 2 rings (SSSR count). The van der Waals surface area contributed by atoms with E-state index in [9.17, 15) is 4.79 Å². The third kappa shape index (κ3) is 4.00. The van der Waals surface area contributed by atoms with Gasteiger partial charge >= 0.3 is 5.97 Å². The maximum absolute atomic E-state index is 11.5. The first-order chi connectivity index (χ1) is 10.0. The van der Waals surface area contributed by atoms with Crippen molar-refractivity contribution in [1.82, 2.24) is 4.98 Å². The molecule has 1 heterocycles. The van der Waals surface area contributed by atoms with Gasteiger partial charge in [-0.1, -0.05) is 34.8 Å². The van der Waals surface area contributed by atoms with Crippen LogP contribution < -0.4 is 4.74 Å². The molecule has 110 valence electrons. The molecule has 0 aliphatic rings. The zero-order valence-corrected chi connectivity index (χ0v) is 13.2. The number of carbonyl (C=O) groups is 1. The van der Waals surface area contributed by atoms with E-state index in [1.807, 2.05) is 0 Å². The number of rotatable bonds is 4. The normalized spacial score (nSPS) is 10.3. The molecule has 0 saturated heterocycles. The molecule has 4 nitrogen and oxygen atoms in total. The Balaban J connectivity index is 2.17. The standard InChI is InChI=1S/C14H10Cl3NO3/c1-2-20-14(19)8-3-4-13(18-7-8)21-12-6-10(16)9(15)5-11(12)17/h3-7H,2H2,1H3. The molecule has 0 amide bonds. The second-order valence-electron chi connectivity index (χ2n) is 3.90. The van der Waals surface area contributed by atoms with E-state index in [2.05, 4.69) is 4.98 Å². The minimum atomic E-state index is -0.441. The number of ether oxygens (including phenoxy) is 2. The predicted molar refractivity (Wildman–Crippen MR) is 81.7 cm³/mol. The van der Waals surface area contributed by atoms with Crippen LogP contribution >= 0.6 is 34.8 Å². The van der Waals surface area contributed by atoms with Gasteiger partial charge in [0.25, 0.3) is 0 Å². The molecule has 0 aliphatic heterocycles. The molecule has 0 fully saturated rings. The molecule has 1 aromatic carbocycles. The number of benzene rings is 1. The van der Waals surface area contributed by atoms with Gasteiger partial charge in [-0.3, -0.25) is 0 Å². The molecule has 1 aromatic heterocycles. The lowest BCUT2D eigenvalue weighted by molar-refractivity contribution is 0.0526. The third-order valence-electron chi connectivity index (χ3n) is 2.44. The zero-order valence-electron chi connectivity index (χ0n) is 10.9. The second-order valence-corrected chi connectivity index (χ2v) is 5.13. The van der Waals surface area contributed by atoms with Gasteiger partial charge in [-0.15, -0.1) is 0 Å². The number of carbonyl (C=O) groups excluding carboxylic acids is 1. The lowest BCUT2D eigenvalue weighted by Gasteiger charge is -2.08. The Morgan fingerprint density at radius 3 is 2.48 bits per heavy atom. The van der Waals surface area contributed by atoms with E-state index < -0.39 is 5.97 Å². The highest BCUT2D eigenvalue weighted by Crippen LogP contribution is 2.35. The lowest BCUT2D eigenvalue weighted by Crippen LogP contribution is -2.04. The fraction of sp³-hybridized carbons (Fsp3) is 0.143. The Morgan fingerprint density at radius 1 is 1.14 bits per heavy atom. The number of halogens is 3. The van der Waals surface area contributed by atoms with Crippen LogP contribution in [0, 0.1) is 0 Å². The summed E-state index contributed by atoms with van der Waals surface area (Å²) >= 11 is 17.7. The summed E-state index contributed by atoms with van der Waals surface area (Å²) in [4.78, 5) is 15.5. The molecular weight excluding hydrogens is 337 g/mol. The van der Waals surface area contributed by atoms with Crippen LogP contribution in [-0.4, -0.2) is 17.6 Å². The summed E-state index contributed by atoms with van der Waals surface area (Å²) in [6.45, 7) is 2.03. The van der Waals surface area contributed by atoms with Crippen LogP contribution in [0.15, 0.2) is 30.5 Å². The molecule has 0 aliphatic carbocycles. The van der Waals surface area contributed by atoms with Crippen molar-refractivity contribution >= 4 is 40.8 Å². The van der Waals surface area contributed by atoms with E-state index in [0.29, 0.717) is 33.0 Å². The van der Waals surface area contributed by atoms with Crippen LogP contribution in [0.25, 0.3) is 0 Å². The summed E-state index contributed by atoms with van der Waals surface area (Å²) in [5.41, 5.74) is 0.337. The van der Waals surface area contributed by atoms with Crippen molar-refractivity contribution in [2.45, 2.75) is 6.92 Å². The molecular formula is C14H10Cl3NO3. The monoisotopic (exact) mass is 345 g/mol. The first kappa shape index (κ1) is 15.9. The molecule has 0 N–H and O–H groups in total.